The maximum Gasteiger partial charge on any atom is 0.338 e. The normalized spacial score (nSPS) is 11.6. The lowest BCUT2D eigenvalue weighted by atomic mass is 9.85. The van der Waals surface area contributed by atoms with Crippen LogP contribution >= 0.6 is 0 Å². The summed E-state index contributed by atoms with van der Waals surface area (Å²) >= 11 is 0. The van der Waals surface area contributed by atoms with Crippen LogP contribution in [0, 0.1) is 0 Å². The highest BCUT2D eigenvalue weighted by atomic mass is 16.5. The zero-order valence-electron chi connectivity index (χ0n) is 21.5. The third-order valence-corrected chi connectivity index (χ3v) is 6.27. The van der Waals surface area contributed by atoms with Gasteiger partial charge in [0.2, 0.25) is 0 Å². The van der Waals surface area contributed by atoms with Crippen molar-refractivity contribution < 1.29 is 14.6 Å². The molecule has 0 radical (unpaired) electrons. The molecule has 0 saturated heterocycles. The molecule has 1 aromatic rings. The van der Waals surface area contributed by atoms with E-state index in [1.807, 2.05) is 20.8 Å². The molecular weight excluding hydrogens is 396 g/mol. The largest absolute Gasteiger partial charge is 0.508 e. The van der Waals surface area contributed by atoms with Crippen LogP contribution in [0.3, 0.4) is 0 Å². The van der Waals surface area contributed by atoms with Crippen LogP contribution in [0.5, 0.6) is 5.75 Å². The summed E-state index contributed by atoms with van der Waals surface area (Å²) < 4.78 is 5.43. The van der Waals surface area contributed by atoms with Crippen molar-refractivity contribution in [3.63, 3.8) is 0 Å². The Hall–Kier alpha value is -1.51. The van der Waals surface area contributed by atoms with E-state index in [1.54, 1.807) is 18.2 Å². The van der Waals surface area contributed by atoms with E-state index in [9.17, 15) is 9.90 Å². The quantitative estimate of drug-likeness (QED) is 0.181. The number of hydrogen-bond acceptors (Lipinski definition) is 3. The van der Waals surface area contributed by atoms with Gasteiger partial charge in [-0.25, -0.2) is 4.79 Å². The molecule has 0 saturated carbocycles. The topological polar surface area (TPSA) is 46.5 Å². The summed E-state index contributed by atoms with van der Waals surface area (Å²) in [6, 6.07) is 4.98. The summed E-state index contributed by atoms with van der Waals surface area (Å²) in [5.74, 6) is -0.0664. The van der Waals surface area contributed by atoms with Crippen molar-refractivity contribution >= 4 is 5.97 Å². The number of ether oxygens (including phenoxy) is 1. The summed E-state index contributed by atoms with van der Waals surface area (Å²) in [4.78, 5) is 12.3. The molecule has 32 heavy (non-hydrogen) atoms. The molecule has 0 unspecified atom stereocenters. The van der Waals surface area contributed by atoms with Crippen LogP contribution in [0.2, 0.25) is 0 Å². The van der Waals surface area contributed by atoms with Crippen molar-refractivity contribution in [2.24, 2.45) is 0 Å². The monoisotopic (exact) mass is 446 g/mol. The molecule has 1 rings (SSSR count). The van der Waals surface area contributed by atoms with Gasteiger partial charge in [-0.15, -0.1) is 0 Å². The molecule has 3 nitrogen and oxygen atoms in total. The van der Waals surface area contributed by atoms with Crippen LogP contribution in [0.4, 0.5) is 0 Å². The van der Waals surface area contributed by atoms with Gasteiger partial charge in [0.05, 0.1) is 12.2 Å². The molecule has 0 amide bonds. The van der Waals surface area contributed by atoms with Crippen LogP contribution in [0.25, 0.3) is 0 Å². The molecule has 0 fully saturated rings. The Kier molecular flexibility index (Phi) is 15.2. The van der Waals surface area contributed by atoms with Crippen LogP contribution in [-0.2, 0) is 10.2 Å². The molecule has 0 aliphatic rings. The third kappa shape index (κ3) is 13.1. The minimum atomic E-state index is -0.295. The highest BCUT2D eigenvalue weighted by Gasteiger charge is 2.20. The van der Waals surface area contributed by atoms with Gasteiger partial charge in [0.15, 0.2) is 0 Å². The Morgan fingerprint density at radius 2 is 1.19 bits per heavy atom. The third-order valence-electron chi connectivity index (χ3n) is 6.27. The van der Waals surface area contributed by atoms with Gasteiger partial charge in [-0.1, -0.05) is 124 Å². The number of benzene rings is 1. The van der Waals surface area contributed by atoms with Crippen LogP contribution in [0.15, 0.2) is 18.2 Å². The zero-order chi connectivity index (χ0) is 23.7. The standard InChI is InChI=1S/C29H50O3/c1-5-6-7-8-9-10-11-12-13-14-15-16-17-18-19-20-23-32-28(31)25-21-22-27(30)26(24-25)29(2,3)4/h21-22,24,30H,5-20,23H2,1-4H3. The lowest BCUT2D eigenvalue weighted by Crippen LogP contribution is -2.14. The second-order valence-electron chi connectivity index (χ2n) is 10.4. The molecule has 0 bridgehead atoms. The van der Waals surface area contributed by atoms with E-state index >= 15 is 0 Å². The number of phenols is 1. The predicted molar refractivity (Wildman–Crippen MR) is 137 cm³/mol. The first-order valence-corrected chi connectivity index (χ1v) is 13.4. The summed E-state index contributed by atoms with van der Waals surface area (Å²) in [5.41, 5.74) is 1.08. The first kappa shape index (κ1) is 28.5. The number of rotatable bonds is 18. The first-order chi connectivity index (χ1) is 15.4. The number of carbonyl (C=O) groups excluding carboxylic acids is 1. The number of carbonyl (C=O) groups is 1. The van der Waals surface area contributed by atoms with Gasteiger partial charge >= 0.3 is 5.97 Å². The van der Waals surface area contributed by atoms with Gasteiger partial charge in [0, 0.05) is 5.56 Å². The van der Waals surface area contributed by atoms with Gasteiger partial charge < -0.3 is 9.84 Å². The Morgan fingerprint density at radius 3 is 1.62 bits per heavy atom. The maximum atomic E-state index is 12.3. The van der Waals surface area contributed by atoms with Crippen LogP contribution < -0.4 is 0 Å². The molecule has 0 aliphatic carbocycles. The summed E-state index contributed by atoms with van der Waals surface area (Å²) in [6.45, 7) is 8.82. The SMILES string of the molecule is CCCCCCCCCCCCCCCCCCOC(=O)c1ccc(O)c(C(C)(C)C)c1. The molecule has 1 aromatic carbocycles. The van der Waals surface area contributed by atoms with Gasteiger partial charge in [-0.3, -0.25) is 0 Å². The fourth-order valence-electron chi connectivity index (χ4n) is 4.16. The zero-order valence-corrected chi connectivity index (χ0v) is 21.5. The Balaban J connectivity index is 1.97. The number of hydrogen-bond donors (Lipinski definition) is 1. The first-order valence-electron chi connectivity index (χ1n) is 13.4. The molecule has 184 valence electrons. The van der Waals surface area contributed by atoms with Crippen molar-refractivity contribution in [1.82, 2.24) is 0 Å². The number of phenolic OH excluding ortho intramolecular Hbond substituents is 1. The smallest absolute Gasteiger partial charge is 0.338 e. The second kappa shape index (κ2) is 17.0. The van der Waals surface area contributed by atoms with E-state index in [2.05, 4.69) is 6.92 Å². The number of esters is 1. The fraction of sp³-hybridized carbons (Fsp3) is 0.759. The van der Waals surface area contributed by atoms with Crippen molar-refractivity contribution in [3.8, 4) is 5.75 Å². The Bertz CT molecular complexity index is 615. The predicted octanol–water partition coefficient (Wildman–Crippen LogP) is 9.11. The minimum absolute atomic E-state index is 0.214. The number of aromatic hydroxyl groups is 1. The van der Waals surface area contributed by atoms with E-state index in [0.717, 1.165) is 18.4 Å². The summed E-state index contributed by atoms with van der Waals surface area (Å²) in [5, 5.41) is 10.0. The molecule has 1 N–H and O–H groups in total. The molecule has 0 spiro atoms. The van der Waals surface area contributed by atoms with Crippen molar-refractivity contribution in [2.75, 3.05) is 6.61 Å². The molecule has 0 atom stereocenters. The summed E-state index contributed by atoms with van der Waals surface area (Å²) in [7, 11) is 0. The van der Waals surface area contributed by atoms with Crippen LogP contribution in [-0.4, -0.2) is 17.7 Å². The van der Waals surface area contributed by atoms with Crippen molar-refractivity contribution in [2.45, 2.75) is 136 Å². The molecule has 0 aliphatic heterocycles. The van der Waals surface area contributed by atoms with Gasteiger partial charge in [0.25, 0.3) is 0 Å². The van der Waals surface area contributed by atoms with E-state index in [1.165, 1.54) is 89.9 Å². The van der Waals surface area contributed by atoms with E-state index in [4.69, 9.17) is 4.74 Å². The van der Waals surface area contributed by atoms with Gasteiger partial charge in [0.1, 0.15) is 5.75 Å². The fourth-order valence-corrected chi connectivity index (χ4v) is 4.16. The highest BCUT2D eigenvalue weighted by molar-refractivity contribution is 5.90. The molecule has 0 aromatic heterocycles. The van der Waals surface area contributed by atoms with E-state index in [-0.39, 0.29) is 17.1 Å². The Labute approximate surface area is 198 Å². The lowest BCUT2D eigenvalue weighted by molar-refractivity contribution is 0.0497. The van der Waals surface area contributed by atoms with E-state index < -0.39 is 0 Å². The molecule has 3 heteroatoms. The van der Waals surface area contributed by atoms with E-state index in [0.29, 0.717) is 12.2 Å². The average Bonchev–Trinajstić information content (AvgIpc) is 2.75. The minimum Gasteiger partial charge on any atom is -0.508 e. The second-order valence-corrected chi connectivity index (χ2v) is 10.4. The van der Waals surface area contributed by atoms with Gasteiger partial charge in [-0.2, -0.15) is 0 Å². The van der Waals surface area contributed by atoms with Crippen LogP contribution in [0.1, 0.15) is 146 Å². The highest BCUT2D eigenvalue weighted by Crippen LogP contribution is 2.31. The Morgan fingerprint density at radius 1 is 0.750 bits per heavy atom. The van der Waals surface area contributed by atoms with Crippen molar-refractivity contribution in [3.05, 3.63) is 29.3 Å². The van der Waals surface area contributed by atoms with Gasteiger partial charge in [-0.05, 0) is 30.0 Å². The maximum absolute atomic E-state index is 12.3. The summed E-state index contributed by atoms with van der Waals surface area (Å²) in [6.07, 6.45) is 21.3. The number of unbranched alkanes of at least 4 members (excludes halogenated alkanes) is 15. The van der Waals surface area contributed by atoms with Crippen molar-refractivity contribution in [1.29, 1.82) is 0 Å². The average molecular weight is 447 g/mol. The lowest BCUT2D eigenvalue weighted by Gasteiger charge is -2.21. The molecular formula is C29H50O3. The molecule has 0 heterocycles.